The average Bonchev–Trinajstić information content (AvgIpc) is 2.84. The largest absolute Gasteiger partial charge is 0.348 e. The maximum absolute atomic E-state index is 11.8. The van der Waals surface area contributed by atoms with E-state index in [0.717, 1.165) is 22.4 Å². The smallest absolute Gasteiger partial charge is 0.312 e. The summed E-state index contributed by atoms with van der Waals surface area (Å²) < 4.78 is 2.67. The van der Waals surface area contributed by atoms with Gasteiger partial charge in [0, 0.05) is 24.8 Å². The van der Waals surface area contributed by atoms with Crippen LogP contribution in [0.15, 0.2) is 9.27 Å². The maximum atomic E-state index is 11.8. The normalized spacial score (nSPS) is 16.4. The second-order valence-corrected chi connectivity index (χ2v) is 5.76. The predicted molar refractivity (Wildman–Crippen MR) is 75.9 cm³/mol. The van der Waals surface area contributed by atoms with Gasteiger partial charge in [-0.2, -0.15) is 4.98 Å². The van der Waals surface area contributed by atoms with Crippen LogP contribution in [-0.2, 0) is 6.54 Å². The first-order valence-corrected chi connectivity index (χ1v) is 7.36. The van der Waals surface area contributed by atoms with E-state index < -0.39 is 0 Å². The zero-order chi connectivity index (χ0) is 13.1. The number of halogens is 1. The Morgan fingerprint density at radius 2 is 2.06 bits per heavy atom. The minimum Gasteiger partial charge on any atom is -0.312 e. The lowest BCUT2D eigenvalue weighted by molar-refractivity contribution is 0.484. The van der Waals surface area contributed by atoms with Crippen LogP contribution in [0, 0.1) is 13.8 Å². The van der Waals surface area contributed by atoms with Crippen molar-refractivity contribution in [1.82, 2.24) is 14.9 Å². The van der Waals surface area contributed by atoms with E-state index in [0.29, 0.717) is 12.6 Å². The van der Waals surface area contributed by atoms with Crippen LogP contribution in [0.1, 0.15) is 37.1 Å². The molecule has 5 heteroatoms. The first-order valence-electron chi connectivity index (χ1n) is 6.56. The van der Waals surface area contributed by atoms with Gasteiger partial charge >= 0.3 is 5.69 Å². The molecule has 0 radical (unpaired) electrons. The molecular weight excluding hydrogens is 294 g/mol. The van der Waals surface area contributed by atoms with Gasteiger partial charge in [-0.3, -0.25) is 4.57 Å². The van der Waals surface area contributed by atoms with E-state index in [-0.39, 0.29) is 5.69 Å². The van der Waals surface area contributed by atoms with Crippen LogP contribution in [0.4, 0.5) is 0 Å². The summed E-state index contributed by atoms with van der Waals surface area (Å²) in [7, 11) is 0. The first-order chi connectivity index (χ1) is 8.59. The number of nitrogens with zero attached hydrogens (tertiary/aromatic N) is 2. The van der Waals surface area contributed by atoms with E-state index in [1.54, 1.807) is 4.57 Å². The van der Waals surface area contributed by atoms with E-state index in [1.807, 2.05) is 13.8 Å². The van der Waals surface area contributed by atoms with E-state index in [4.69, 9.17) is 0 Å². The standard InChI is InChI=1S/C13H20BrN3O/c1-9-12(14)10(2)17(13(18)16-9)8-7-15-11-5-3-4-6-11/h11,15H,3-8H2,1-2H3. The molecule has 0 amide bonds. The Morgan fingerprint density at radius 3 is 2.72 bits per heavy atom. The van der Waals surface area contributed by atoms with Crippen molar-refractivity contribution >= 4 is 15.9 Å². The summed E-state index contributed by atoms with van der Waals surface area (Å²) in [4.78, 5) is 15.9. The molecule has 0 bridgehead atoms. The van der Waals surface area contributed by atoms with Crippen molar-refractivity contribution in [2.75, 3.05) is 6.54 Å². The second-order valence-electron chi connectivity index (χ2n) is 4.97. The Bertz CT molecular complexity index is 478. The van der Waals surface area contributed by atoms with Crippen LogP contribution in [0.5, 0.6) is 0 Å². The lowest BCUT2D eigenvalue weighted by Crippen LogP contribution is -2.34. The van der Waals surface area contributed by atoms with E-state index >= 15 is 0 Å². The molecule has 18 heavy (non-hydrogen) atoms. The molecule has 1 fully saturated rings. The molecule has 1 aliphatic rings. The van der Waals surface area contributed by atoms with Gasteiger partial charge in [0.25, 0.3) is 0 Å². The van der Waals surface area contributed by atoms with Crippen molar-refractivity contribution in [3.63, 3.8) is 0 Å². The molecule has 2 rings (SSSR count). The quantitative estimate of drug-likeness (QED) is 0.926. The molecule has 1 saturated carbocycles. The fraction of sp³-hybridized carbons (Fsp3) is 0.692. The highest BCUT2D eigenvalue weighted by Gasteiger charge is 2.14. The maximum Gasteiger partial charge on any atom is 0.348 e. The van der Waals surface area contributed by atoms with E-state index in [9.17, 15) is 4.79 Å². The molecule has 0 aliphatic heterocycles. The molecule has 0 atom stereocenters. The summed E-state index contributed by atoms with van der Waals surface area (Å²) in [5.41, 5.74) is 1.57. The van der Waals surface area contributed by atoms with Crippen molar-refractivity contribution in [3.05, 3.63) is 26.3 Å². The molecule has 0 aromatic carbocycles. The van der Waals surface area contributed by atoms with Gasteiger partial charge in [-0.05, 0) is 42.6 Å². The highest BCUT2D eigenvalue weighted by atomic mass is 79.9. The fourth-order valence-electron chi connectivity index (χ4n) is 2.55. The summed E-state index contributed by atoms with van der Waals surface area (Å²) >= 11 is 3.48. The van der Waals surface area contributed by atoms with Gasteiger partial charge in [0.05, 0.1) is 10.2 Å². The SMILES string of the molecule is Cc1nc(=O)n(CCNC2CCCC2)c(C)c1Br. The van der Waals surface area contributed by atoms with Gasteiger partial charge in [-0.1, -0.05) is 12.8 Å². The lowest BCUT2D eigenvalue weighted by atomic mass is 10.2. The van der Waals surface area contributed by atoms with Crippen LogP contribution in [0.3, 0.4) is 0 Å². The van der Waals surface area contributed by atoms with Crippen LogP contribution >= 0.6 is 15.9 Å². The number of aryl methyl sites for hydroxylation is 1. The van der Waals surface area contributed by atoms with Crippen molar-refractivity contribution < 1.29 is 0 Å². The molecule has 0 spiro atoms. The first kappa shape index (κ1) is 13.7. The molecule has 1 N–H and O–H groups in total. The zero-order valence-electron chi connectivity index (χ0n) is 11.0. The Hall–Kier alpha value is -0.680. The summed E-state index contributed by atoms with van der Waals surface area (Å²) in [5.74, 6) is 0. The van der Waals surface area contributed by atoms with Crippen LogP contribution in [0.2, 0.25) is 0 Å². The lowest BCUT2D eigenvalue weighted by Gasteiger charge is -2.15. The number of hydrogen-bond donors (Lipinski definition) is 1. The summed E-state index contributed by atoms with van der Waals surface area (Å²) in [6.07, 6.45) is 5.19. The fourth-order valence-corrected chi connectivity index (χ4v) is 2.85. The number of aromatic nitrogens is 2. The molecule has 1 heterocycles. The van der Waals surface area contributed by atoms with Crippen LogP contribution in [-0.4, -0.2) is 22.1 Å². The molecular formula is C13H20BrN3O. The van der Waals surface area contributed by atoms with Crippen molar-refractivity contribution in [3.8, 4) is 0 Å². The Kier molecular flexibility index (Phi) is 4.56. The molecule has 0 unspecified atom stereocenters. The molecule has 100 valence electrons. The topological polar surface area (TPSA) is 46.9 Å². The van der Waals surface area contributed by atoms with Gasteiger partial charge in [0.2, 0.25) is 0 Å². The number of hydrogen-bond acceptors (Lipinski definition) is 3. The zero-order valence-corrected chi connectivity index (χ0v) is 12.6. The molecule has 0 saturated heterocycles. The highest BCUT2D eigenvalue weighted by molar-refractivity contribution is 9.10. The van der Waals surface area contributed by atoms with Crippen LogP contribution < -0.4 is 11.0 Å². The van der Waals surface area contributed by atoms with Gasteiger partial charge in [-0.25, -0.2) is 4.79 Å². The third-order valence-corrected chi connectivity index (χ3v) is 4.81. The minimum absolute atomic E-state index is 0.151. The van der Waals surface area contributed by atoms with Gasteiger partial charge in [-0.15, -0.1) is 0 Å². The summed E-state index contributed by atoms with van der Waals surface area (Å²) in [6.45, 7) is 5.32. The Morgan fingerprint density at radius 1 is 1.39 bits per heavy atom. The van der Waals surface area contributed by atoms with Crippen molar-refractivity contribution in [2.24, 2.45) is 0 Å². The molecule has 1 aromatic heterocycles. The van der Waals surface area contributed by atoms with E-state index in [2.05, 4.69) is 26.2 Å². The third kappa shape index (κ3) is 3.01. The highest BCUT2D eigenvalue weighted by Crippen LogP contribution is 2.18. The summed E-state index contributed by atoms with van der Waals surface area (Å²) in [5, 5.41) is 3.52. The van der Waals surface area contributed by atoms with Crippen molar-refractivity contribution in [1.29, 1.82) is 0 Å². The van der Waals surface area contributed by atoms with Crippen molar-refractivity contribution in [2.45, 2.75) is 52.1 Å². The van der Waals surface area contributed by atoms with Gasteiger partial charge < -0.3 is 5.32 Å². The third-order valence-electron chi connectivity index (χ3n) is 3.66. The van der Waals surface area contributed by atoms with Gasteiger partial charge in [0.1, 0.15) is 0 Å². The summed E-state index contributed by atoms with van der Waals surface area (Å²) in [6, 6.07) is 0.642. The minimum atomic E-state index is -0.151. The molecule has 4 nitrogen and oxygen atoms in total. The molecule has 1 aromatic rings. The predicted octanol–water partition coefficient (Wildman–Crippen LogP) is 2.15. The molecule has 1 aliphatic carbocycles. The van der Waals surface area contributed by atoms with Gasteiger partial charge in [0.15, 0.2) is 0 Å². The number of nitrogens with one attached hydrogen (secondary N) is 1. The monoisotopic (exact) mass is 313 g/mol. The average molecular weight is 314 g/mol. The van der Waals surface area contributed by atoms with Crippen LogP contribution in [0.25, 0.3) is 0 Å². The Labute approximate surface area is 116 Å². The second kappa shape index (κ2) is 5.97. The Balaban J connectivity index is 2.00. The number of rotatable bonds is 4. The van der Waals surface area contributed by atoms with E-state index in [1.165, 1.54) is 25.7 Å².